The van der Waals surface area contributed by atoms with Gasteiger partial charge >= 0.3 is 0 Å². The predicted octanol–water partition coefficient (Wildman–Crippen LogP) is 4.31. The molecule has 0 saturated carbocycles. The monoisotopic (exact) mass is 303 g/mol. The Morgan fingerprint density at radius 2 is 1.94 bits per heavy atom. The first-order valence-corrected chi connectivity index (χ1v) is 7.06. The van der Waals surface area contributed by atoms with E-state index < -0.39 is 0 Å². The lowest BCUT2D eigenvalue weighted by Gasteiger charge is -2.12. The molecule has 1 atom stereocenters. The Hall–Kier alpha value is -0.610. The fourth-order valence-electron chi connectivity index (χ4n) is 1.78. The minimum Gasteiger partial charge on any atom is -0.327 e. The highest BCUT2D eigenvalue weighted by atomic mass is 35.5. The van der Waals surface area contributed by atoms with Crippen LogP contribution in [0.1, 0.15) is 10.4 Å². The highest BCUT2D eigenvalue weighted by Gasteiger charge is 2.13. The maximum Gasteiger partial charge on any atom is 0.127 e. The second kappa shape index (κ2) is 6.02. The molecule has 2 rings (SSSR count). The zero-order valence-corrected chi connectivity index (χ0v) is 11.8. The third-order valence-corrected chi connectivity index (χ3v) is 4.23. The topological polar surface area (TPSA) is 26.0 Å². The van der Waals surface area contributed by atoms with Crippen LogP contribution in [0.4, 0.5) is 4.39 Å². The number of benzene rings is 1. The highest BCUT2D eigenvalue weighted by molar-refractivity contribution is 7.16. The average Bonchev–Trinajstić information content (AvgIpc) is 2.69. The van der Waals surface area contributed by atoms with Crippen molar-refractivity contribution in [1.82, 2.24) is 0 Å². The molecule has 0 spiro atoms. The summed E-state index contributed by atoms with van der Waals surface area (Å²) in [6.07, 6.45) is 1.09. The summed E-state index contributed by atoms with van der Waals surface area (Å²) in [6.45, 7) is 0. The van der Waals surface area contributed by atoms with E-state index in [9.17, 15) is 4.39 Å². The minimum absolute atomic E-state index is 0.172. The SMILES string of the molecule is NC(Cc1ccc(Cl)s1)Cc1c(F)cccc1Cl. The number of hydrogen-bond donors (Lipinski definition) is 1. The van der Waals surface area contributed by atoms with Gasteiger partial charge in [0.25, 0.3) is 0 Å². The first-order valence-electron chi connectivity index (χ1n) is 5.49. The van der Waals surface area contributed by atoms with Crippen LogP contribution < -0.4 is 5.73 Å². The van der Waals surface area contributed by atoms with Crippen molar-refractivity contribution in [2.75, 3.05) is 0 Å². The van der Waals surface area contributed by atoms with Crippen LogP contribution in [0.25, 0.3) is 0 Å². The molecule has 0 radical (unpaired) electrons. The third-order valence-electron chi connectivity index (χ3n) is 2.62. The van der Waals surface area contributed by atoms with Crippen molar-refractivity contribution in [3.63, 3.8) is 0 Å². The standard InChI is InChI=1S/C13H12Cl2FNS/c14-11-2-1-3-12(16)10(11)7-8(17)6-9-4-5-13(15)18-9/h1-5,8H,6-7,17H2. The molecule has 0 amide bonds. The van der Waals surface area contributed by atoms with Crippen molar-refractivity contribution in [3.05, 3.63) is 55.9 Å². The fourth-order valence-corrected chi connectivity index (χ4v) is 3.20. The van der Waals surface area contributed by atoms with Gasteiger partial charge in [-0.25, -0.2) is 4.39 Å². The van der Waals surface area contributed by atoms with Gasteiger partial charge in [-0.05, 0) is 37.1 Å². The molecule has 1 nitrogen and oxygen atoms in total. The molecule has 2 aromatic rings. The van der Waals surface area contributed by atoms with E-state index in [0.717, 1.165) is 9.21 Å². The van der Waals surface area contributed by atoms with Crippen LogP contribution in [0.3, 0.4) is 0 Å². The molecular formula is C13H12Cl2FNS. The molecule has 1 aromatic carbocycles. The van der Waals surface area contributed by atoms with Gasteiger partial charge in [0.15, 0.2) is 0 Å². The van der Waals surface area contributed by atoms with Gasteiger partial charge in [-0.3, -0.25) is 0 Å². The lowest BCUT2D eigenvalue weighted by atomic mass is 10.0. The van der Waals surface area contributed by atoms with E-state index in [0.29, 0.717) is 23.4 Å². The maximum absolute atomic E-state index is 13.6. The second-order valence-corrected chi connectivity index (χ2v) is 6.28. The molecular weight excluding hydrogens is 292 g/mol. The quantitative estimate of drug-likeness (QED) is 0.895. The molecule has 5 heteroatoms. The second-order valence-electron chi connectivity index (χ2n) is 4.07. The summed E-state index contributed by atoms with van der Waals surface area (Å²) in [5.74, 6) is -0.304. The Kier molecular flexibility index (Phi) is 4.62. The van der Waals surface area contributed by atoms with Gasteiger partial charge in [0, 0.05) is 21.5 Å². The number of halogens is 3. The van der Waals surface area contributed by atoms with Gasteiger partial charge in [-0.15, -0.1) is 11.3 Å². The molecule has 2 N–H and O–H groups in total. The summed E-state index contributed by atoms with van der Waals surface area (Å²) in [5, 5.41) is 0.426. The smallest absolute Gasteiger partial charge is 0.127 e. The summed E-state index contributed by atoms with van der Waals surface area (Å²) in [4.78, 5) is 1.10. The first-order chi connectivity index (χ1) is 8.56. The van der Waals surface area contributed by atoms with Gasteiger partial charge in [0.2, 0.25) is 0 Å². The van der Waals surface area contributed by atoms with Gasteiger partial charge in [-0.2, -0.15) is 0 Å². The Labute approximate surface area is 119 Å². The van der Waals surface area contributed by atoms with Crippen LogP contribution >= 0.6 is 34.5 Å². The Bertz CT molecular complexity index is 521. The third kappa shape index (κ3) is 3.45. The Morgan fingerprint density at radius 1 is 1.17 bits per heavy atom. The molecule has 0 aliphatic heterocycles. The number of nitrogens with two attached hydrogens (primary N) is 1. The number of thiophene rings is 1. The largest absolute Gasteiger partial charge is 0.327 e. The predicted molar refractivity (Wildman–Crippen MR) is 76.1 cm³/mol. The summed E-state index contributed by atoms with van der Waals surface area (Å²) in [7, 11) is 0. The van der Waals surface area contributed by atoms with E-state index in [2.05, 4.69) is 0 Å². The fraction of sp³-hybridized carbons (Fsp3) is 0.231. The molecule has 1 aromatic heterocycles. The zero-order chi connectivity index (χ0) is 13.1. The van der Waals surface area contributed by atoms with Crippen LogP contribution in [0.5, 0.6) is 0 Å². The van der Waals surface area contributed by atoms with Crippen LogP contribution in [-0.2, 0) is 12.8 Å². The van der Waals surface area contributed by atoms with Crippen molar-refractivity contribution >= 4 is 34.5 Å². The lowest BCUT2D eigenvalue weighted by molar-refractivity contribution is 0.585. The molecule has 0 aliphatic rings. The van der Waals surface area contributed by atoms with Crippen molar-refractivity contribution < 1.29 is 4.39 Å². The van der Waals surface area contributed by atoms with Gasteiger partial charge in [0.1, 0.15) is 5.82 Å². The number of hydrogen-bond acceptors (Lipinski definition) is 2. The summed E-state index contributed by atoms with van der Waals surface area (Å²) in [5.41, 5.74) is 6.50. The Morgan fingerprint density at radius 3 is 2.56 bits per heavy atom. The Balaban J connectivity index is 2.05. The van der Waals surface area contributed by atoms with Crippen molar-refractivity contribution in [1.29, 1.82) is 0 Å². The normalized spacial score (nSPS) is 12.7. The van der Waals surface area contributed by atoms with Gasteiger partial charge in [-0.1, -0.05) is 29.3 Å². The summed E-state index contributed by atoms with van der Waals surface area (Å²) >= 11 is 13.3. The van der Waals surface area contributed by atoms with E-state index in [1.165, 1.54) is 17.4 Å². The molecule has 18 heavy (non-hydrogen) atoms. The molecule has 96 valence electrons. The number of rotatable bonds is 4. The van der Waals surface area contributed by atoms with E-state index in [1.807, 2.05) is 12.1 Å². The molecule has 0 saturated heterocycles. The summed E-state index contributed by atoms with van der Waals surface area (Å²) in [6, 6.07) is 8.27. The van der Waals surface area contributed by atoms with Crippen molar-refractivity contribution in [2.24, 2.45) is 5.73 Å². The highest BCUT2D eigenvalue weighted by Crippen LogP contribution is 2.24. The maximum atomic E-state index is 13.6. The average molecular weight is 304 g/mol. The van der Waals surface area contributed by atoms with E-state index in [4.69, 9.17) is 28.9 Å². The first kappa shape index (κ1) is 13.8. The zero-order valence-electron chi connectivity index (χ0n) is 9.50. The molecule has 0 fully saturated rings. The van der Waals surface area contributed by atoms with Gasteiger partial charge < -0.3 is 5.73 Å². The summed E-state index contributed by atoms with van der Waals surface area (Å²) < 4.78 is 14.3. The van der Waals surface area contributed by atoms with Crippen LogP contribution in [0.15, 0.2) is 30.3 Å². The van der Waals surface area contributed by atoms with Crippen LogP contribution in [-0.4, -0.2) is 6.04 Å². The molecule has 1 unspecified atom stereocenters. The van der Waals surface area contributed by atoms with Crippen LogP contribution in [0, 0.1) is 5.82 Å². The molecule has 0 aliphatic carbocycles. The minimum atomic E-state index is -0.304. The van der Waals surface area contributed by atoms with E-state index in [1.54, 1.807) is 12.1 Å². The molecule has 0 bridgehead atoms. The van der Waals surface area contributed by atoms with E-state index in [-0.39, 0.29) is 11.9 Å². The molecule has 1 heterocycles. The van der Waals surface area contributed by atoms with E-state index >= 15 is 0 Å². The van der Waals surface area contributed by atoms with Crippen LogP contribution in [0.2, 0.25) is 9.36 Å². The van der Waals surface area contributed by atoms with Gasteiger partial charge in [0.05, 0.1) is 4.34 Å². The van der Waals surface area contributed by atoms with Crippen molar-refractivity contribution in [3.8, 4) is 0 Å². The van der Waals surface area contributed by atoms with Crippen molar-refractivity contribution in [2.45, 2.75) is 18.9 Å². The lowest BCUT2D eigenvalue weighted by Crippen LogP contribution is -2.25.